The van der Waals surface area contributed by atoms with E-state index in [2.05, 4.69) is 21.8 Å². The van der Waals surface area contributed by atoms with Crippen LogP contribution in [0.25, 0.3) is 0 Å². The fraction of sp³-hybridized carbons (Fsp3) is 0.111. The average Bonchev–Trinajstić information content (AvgIpc) is 2.47. The minimum absolute atomic E-state index is 0.685. The van der Waals surface area contributed by atoms with Gasteiger partial charge in [-0.05, 0) is 36.0 Å². The summed E-state index contributed by atoms with van der Waals surface area (Å²) >= 11 is 3.43. The number of rotatable bonds is 1. The van der Waals surface area contributed by atoms with Crippen molar-refractivity contribution in [2.45, 2.75) is 9.79 Å². The molecule has 3 heteroatoms. The molecule has 1 heterocycles. The number of terminal acetylenes is 1. The molecule has 0 aromatic heterocycles. The highest BCUT2D eigenvalue weighted by Gasteiger charge is 2.19. The lowest BCUT2D eigenvalue weighted by atomic mass is 10.4. The van der Waals surface area contributed by atoms with Crippen molar-refractivity contribution < 1.29 is 0 Å². The van der Waals surface area contributed by atoms with Crippen LogP contribution in [0.2, 0.25) is 0 Å². The van der Waals surface area contributed by atoms with Gasteiger partial charge >= 0.3 is 0 Å². The first kappa shape index (κ1) is 8.06. The lowest BCUT2D eigenvalue weighted by Crippen LogP contribution is -2.00. The lowest BCUT2D eigenvalue weighted by Gasteiger charge is -2.04. The standard InChI is InChI=1S/C9H7NS2/c1-2-7-10-11-8-5-3-4-6-9(8)12-10/h1,3-6H,7H2. The first-order valence-corrected chi connectivity index (χ1v) is 5.11. The van der Waals surface area contributed by atoms with Crippen molar-refractivity contribution in [2.75, 3.05) is 6.54 Å². The second-order valence-electron chi connectivity index (χ2n) is 2.32. The summed E-state index contributed by atoms with van der Waals surface area (Å²) in [5, 5.41) is 0. The second-order valence-corrected chi connectivity index (χ2v) is 4.68. The van der Waals surface area contributed by atoms with Crippen LogP contribution in [0.15, 0.2) is 34.1 Å². The molecular weight excluding hydrogens is 186 g/mol. The molecule has 1 aliphatic rings. The van der Waals surface area contributed by atoms with Gasteiger partial charge in [0, 0.05) is 9.79 Å². The van der Waals surface area contributed by atoms with Crippen molar-refractivity contribution in [1.29, 1.82) is 0 Å². The number of hydrogen-bond donors (Lipinski definition) is 0. The zero-order valence-corrected chi connectivity index (χ0v) is 7.99. The summed E-state index contributed by atoms with van der Waals surface area (Å²) < 4.78 is 2.10. The Morgan fingerprint density at radius 3 is 2.33 bits per heavy atom. The number of hydrogen-bond acceptors (Lipinski definition) is 3. The Morgan fingerprint density at radius 1 is 1.25 bits per heavy atom. The number of nitrogens with zero attached hydrogens (tertiary/aromatic N) is 1. The Balaban J connectivity index is 2.18. The van der Waals surface area contributed by atoms with E-state index in [1.54, 1.807) is 23.9 Å². The van der Waals surface area contributed by atoms with Crippen LogP contribution in [0.5, 0.6) is 0 Å². The zero-order valence-electron chi connectivity index (χ0n) is 6.36. The normalized spacial score (nSPS) is 15.6. The molecule has 1 nitrogen and oxygen atoms in total. The Labute approximate surface area is 80.8 Å². The summed E-state index contributed by atoms with van der Waals surface area (Å²) in [5.41, 5.74) is 0. The quantitative estimate of drug-likeness (QED) is 0.498. The molecule has 0 bridgehead atoms. The zero-order chi connectivity index (χ0) is 8.39. The van der Waals surface area contributed by atoms with Gasteiger partial charge in [0.15, 0.2) is 0 Å². The molecule has 0 fully saturated rings. The fourth-order valence-corrected chi connectivity index (χ4v) is 3.14. The van der Waals surface area contributed by atoms with Gasteiger partial charge in [-0.15, -0.1) is 6.42 Å². The summed E-state index contributed by atoms with van der Waals surface area (Å²) in [6.45, 7) is 0.685. The smallest absolute Gasteiger partial charge is 0.0818 e. The van der Waals surface area contributed by atoms with Crippen LogP contribution in [0.4, 0.5) is 0 Å². The van der Waals surface area contributed by atoms with Gasteiger partial charge in [-0.2, -0.15) is 3.71 Å². The van der Waals surface area contributed by atoms with Crippen LogP contribution in [0, 0.1) is 12.3 Å². The van der Waals surface area contributed by atoms with Gasteiger partial charge in [0.2, 0.25) is 0 Å². The molecule has 0 unspecified atom stereocenters. The van der Waals surface area contributed by atoms with Crippen molar-refractivity contribution in [3.05, 3.63) is 24.3 Å². The molecule has 0 saturated carbocycles. The molecule has 0 amide bonds. The van der Waals surface area contributed by atoms with Gasteiger partial charge < -0.3 is 0 Å². The fourth-order valence-electron chi connectivity index (χ4n) is 0.978. The van der Waals surface area contributed by atoms with E-state index in [0.717, 1.165) is 0 Å². The van der Waals surface area contributed by atoms with Crippen molar-refractivity contribution in [3.63, 3.8) is 0 Å². The van der Waals surface area contributed by atoms with E-state index in [1.165, 1.54) is 9.79 Å². The van der Waals surface area contributed by atoms with Crippen LogP contribution in [0.3, 0.4) is 0 Å². The Kier molecular flexibility index (Phi) is 2.31. The summed E-state index contributed by atoms with van der Waals surface area (Å²) in [5.74, 6) is 2.63. The van der Waals surface area contributed by atoms with E-state index in [4.69, 9.17) is 6.42 Å². The molecule has 0 atom stereocenters. The van der Waals surface area contributed by atoms with Gasteiger partial charge in [0.1, 0.15) is 0 Å². The van der Waals surface area contributed by atoms with Crippen molar-refractivity contribution in [1.82, 2.24) is 3.71 Å². The summed E-state index contributed by atoms with van der Waals surface area (Å²) in [6, 6.07) is 8.32. The Bertz CT molecular complexity index is 305. The van der Waals surface area contributed by atoms with Crippen LogP contribution >= 0.6 is 23.9 Å². The summed E-state index contributed by atoms with van der Waals surface area (Å²) in [7, 11) is 0. The maximum absolute atomic E-state index is 5.22. The molecule has 1 aromatic carbocycles. The highest BCUT2D eigenvalue weighted by Crippen LogP contribution is 2.45. The monoisotopic (exact) mass is 193 g/mol. The van der Waals surface area contributed by atoms with E-state index < -0.39 is 0 Å². The van der Waals surface area contributed by atoms with Gasteiger partial charge in [-0.25, -0.2) is 0 Å². The Morgan fingerprint density at radius 2 is 1.83 bits per heavy atom. The maximum atomic E-state index is 5.22. The third-order valence-corrected chi connectivity index (χ3v) is 3.82. The van der Waals surface area contributed by atoms with Crippen molar-refractivity contribution >= 4 is 23.9 Å². The van der Waals surface area contributed by atoms with Gasteiger partial charge in [0.25, 0.3) is 0 Å². The predicted octanol–water partition coefficient (Wildman–Crippen LogP) is 2.65. The van der Waals surface area contributed by atoms with Crippen LogP contribution in [-0.4, -0.2) is 10.3 Å². The van der Waals surface area contributed by atoms with E-state index in [9.17, 15) is 0 Å². The number of fused-ring (bicyclic) bond motifs is 1. The van der Waals surface area contributed by atoms with Crippen molar-refractivity contribution in [2.24, 2.45) is 0 Å². The van der Waals surface area contributed by atoms with E-state index in [1.807, 2.05) is 12.1 Å². The third kappa shape index (κ3) is 1.46. The molecule has 0 saturated heterocycles. The second kappa shape index (κ2) is 3.44. The first-order chi connectivity index (χ1) is 5.90. The molecular formula is C9H7NS2. The van der Waals surface area contributed by atoms with E-state index in [0.29, 0.717) is 6.54 Å². The SMILES string of the molecule is C#CCN1Sc2ccccc2S1. The lowest BCUT2D eigenvalue weighted by molar-refractivity contribution is 0.871. The first-order valence-electron chi connectivity index (χ1n) is 3.56. The molecule has 0 N–H and O–H groups in total. The van der Waals surface area contributed by atoms with Crippen LogP contribution < -0.4 is 0 Å². The van der Waals surface area contributed by atoms with E-state index >= 15 is 0 Å². The molecule has 1 aliphatic heterocycles. The van der Waals surface area contributed by atoms with E-state index in [-0.39, 0.29) is 0 Å². The van der Waals surface area contributed by atoms with Crippen molar-refractivity contribution in [3.8, 4) is 12.3 Å². The highest BCUT2D eigenvalue weighted by atomic mass is 32.2. The van der Waals surface area contributed by atoms with Gasteiger partial charge in [-0.1, -0.05) is 18.1 Å². The molecule has 0 radical (unpaired) electrons. The Hall–Kier alpha value is -0.560. The third-order valence-electron chi connectivity index (χ3n) is 1.47. The van der Waals surface area contributed by atoms with Gasteiger partial charge in [-0.3, -0.25) is 0 Å². The van der Waals surface area contributed by atoms with Gasteiger partial charge in [0.05, 0.1) is 6.54 Å². The highest BCUT2D eigenvalue weighted by molar-refractivity contribution is 8.14. The molecule has 0 aliphatic carbocycles. The molecule has 1 aromatic rings. The molecule has 12 heavy (non-hydrogen) atoms. The minimum atomic E-state index is 0.685. The minimum Gasteiger partial charge on any atom is -0.174 e. The maximum Gasteiger partial charge on any atom is 0.0818 e. The van der Waals surface area contributed by atoms with Crippen LogP contribution in [0.1, 0.15) is 0 Å². The largest absolute Gasteiger partial charge is 0.174 e. The molecule has 0 spiro atoms. The average molecular weight is 193 g/mol. The summed E-state index contributed by atoms with van der Waals surface area (Å²) in [4.78, 5) is 2.61. The topological polar surface area (TPSA) is 3.24 Å². The van der Waals surface area contributed by atoms with Crippen LogP contribution in [-0.2, 0) is 0 Å². The number of benzene rings is 1. The summed E-state index contributed by atoms with van der Waals surface area (Å²) in [6.07, 6.45) is 5.22. The molecule has 2 rings (SSSR count). The predicted molar refractivity (Wildman–Crippen MR) is 53.7 cm³/mol. The molecule has 60 valence electrons.